The first-order valence-electron chi connectivity index (χ1n) is 8.97. The van der Waals surface area contributed by atoms with Crippen LogP contribution < -0.4 is 15.1 Å². The van der Waals surface area contributed by atoms with Gasteiger partial charge in [-0.05, 0) is 32.0 Å². The highest BCUT2D eigenvalue weighted by molar-refractivity contribution is 7.21. The molecule has 2 aromatic carbocycles. The van der Waals surface area contributed by atoms with Crippen molar-refractivity contribution in [3.8, 4) is 10.6 Å². The molecule has 0 radical (unpaired) electrons. The fourth-order valence-corrected chi connectivity index (χ4v) is 5.18. The third kappa shape index (κ3) is 2.07. The van der Waals surface area contributed by atoms with E-state index < -0.39 is 0 Å². The molecule has 0 spiro atoms. The van der Waals surface area contributed by atoms with Gasteiger partial charge < -0.3 is 9.32 Å². The first kappa shape index (κ1) is 15.6. The van der Waals surface area contributed by atoms with Gasteiger partial charge in [-0.3, -0.25) is 0 Å². The van der Waals surface area contributed by atoms with E-state index in [0.717, 1.165) is 46.8 Å². The molecule has 5 rings (SSSR count). The number of aromatic nitrogens is 1. The molecule has 0 fully saturated rings. The Morgan fingerprint density at radius 2 is 1.96 bits per heavy atom. The van der Waals surface area contributed by atoms with Crippen LogP contribution >= 0.6 is 11.3 Å². The third-order valence-electron chi connectivity index (χ3n) is 5.27. The molecule has 0 bridgehead atoms. The fourth-order valence-electron chi connectivity index (χ4n) is 3.96. The van der Waals surface area contributed by atoms with E-state index in [9.17, 15) is 4.79 Å². The average Bonchev–Trinajstić information content (AvgIpc) is 3.19. The molecule has 3 heterocycles. The van der Waals surface area contributed by atoms with Crippen molar-refractivity contribution in [2.24, 2.45) is 0 Å². The van der Waals surface area contributed by atoms with Crippen molar-refractivity contribution in [3.05, 3.63) is 58.4 Å². The molecule has 4 nitrogen and oxygen atoms in total. The SMILES string of the molecule is CCN(CC)c1ccc2c3c(c(=O)oc2c1)-c1sc2ccccc2[n+]1C3. The number of para-hydroxylation sites is 1. The molecular weight excluding hydrogens is 344 g/mol. The van der Waals surface area contributed by atoms with Crippen molar-refractivity contribution in [1.82, 2.24) is 0 Å². The Morgan fingerprint density at radius 3 is 2.77 bits per heavy atom. The standard InChI is InChI=1S/C21H19N2O2S/c1-3-22(4-2)13-9-10-14-15-12-23-16-7-5-6-8-18(16)26-20(23)19(15)21(24)25-17(14)11-13/h5-11H,3-4,12H2,1-2H3/q+1. The van der Waals surface area contributed by atoms with E-state index in [1.807, 2.05) is 18.2 Å². The first-order valence-corrected chi connectivity index (χ1v) is 9.79. The maximum atomic E-state index is 12.8. The summed E-state index contributed by atoms with van der Waals surface area (Å²) < 4.78 is 9.18. The summed E-state index contributed by atoms with van der Waals surface area (Å²) in [7, 11) is 0. The molecule has 0 amide bonds. The number of nitrogens with zero attached hydrogens (tertiary/aromatic N) is 2. The van der Waals surface area contributed by atoms with Crippen molar-refractivity contribution < 1.29 is 8.98 Å². The number of benzene rings is 2. The van der Waals surface area contributed by atoms with Crippen molar-refractivity contribution in [3.63, 3.8) is 0 Å². The Balaban J connectivity index is 1.75. The van der Waals surface area contributed by atoms with Gasteiger partial charge in [-0.1, -0.05) is 23.5 Å². The molecule has 0 atom stereocenters. The molecule has 0 saturated carbocycles. The molecule has 5 heteroatoms. The zero-order valence-corrected chi connectivity index (χ0v) is 15.6. The lowest BCUT2D eigenvalue weighted by molar-refractivity contribution is -0.641. The van der Waals surface area contributed by atoms with E-state index in [1.165, 1.54) is 10.2 Å². The summed E-state index contributed by atoms with van der Waals surface area (Å²) >= 11 is 1.66. The summed E-state index contributed by atoms with van der Waals surface area (Å²) in [5.41, 5.74) is 4.53. The Labute approximate surface area is 154 Å². The second-order valence-electron chi connectivity index (χ2n) is 6.56. The Hall–Kier alpha value is -2.66. The van der Waals surface area contributed by atoms with Gasteiger partial charge >= 0.3 is 5.63 Å². The molecule has 130 valence electrons. The average molecular weight is 363 g/mol. The van der Waals surface area contributed by atoms with Gasteiger partial charge in [-0.25, -0.2) is 4.79 Å². The molecule has 0 saturated heterocycles. The number of anilines is 1. The molecule has 2 aromatic heterocycles. The smallest absolute Gasteiger partial charge is 0.351 e. The van der Waals surface area contributed by atoms with Crippen molar-refractivity contribution in [2.75, 3.05) is 18.0 Å². The monoisotopic (exact) mass is 363 g/mol. The van der Waals surface area contributed by atoms with Crippen molar-refractivity contribution >= 4 is 38.2 Å². The van der Waals surface area contributed by atoms with E-state index in [-0.39, 0.29) is 5.63 Å². The van der Waals surface area contributed by atoms with Crippen LogP contribution in [0.4, 0.5) is 5.69 Å². The highest BCUT2D eigenvalue weighted by Gasteiger charge is 2.36. The molecule has 26 heavy (non-hydrogen) atoms. The van der Waals surface area contributed by atoms with Crippen LogP contribution in [0, 0.1) is 0 Å². The first-order chi connectivity index (χ1) is 12.7. The minimum Gasteiger partial charge on any atom is -0.422 e. The Morgan fingerprint density at radius 1 is 1.15 bits per heavy atom. The van der Waals surface area contributed by atoms with Crippen LogP contribution in [0.2, 0.25) is 0 Å². The fraction of sp³-hybridized carbons (Fsp3) is 0.238. The van der Waals surface area contributed by atoms with Crippen LogP contribution in [0.5, 0.6) is 0 Å². The Kier molecular flexibility index (Phi) is 3.40. The van der Waals surface area contributed by atoms with Gasteiger partial charge in [-0.2, -0.15) is 4.57 Å². The van der Waals surface area contributed by atoms with Crippen LogP contribution in [-0.2, 0) is 6.54 Å². The topological polar surface area (TPSA) is 37.3 Å². The molecule has 4 aromatic rings. The second kappa shape index (κ2) is 5.68. The zero-order valence-electron chi connectivity index (χ0n) is 14.8. The predicted octanol–water partition coefficient (Wildman–Crippen LogP) is 4.17. The van der Waals surface area contributed by atoms with E-state index in [0.29, 0.717) is 5.58 Å². The molecular formula is C21H19N2O2S+. The molecule has 1 aliphatic rings. The summed E-state index contributed by atoms with van der Waals surface area (Å²) in [6.07, 6.45) is 0. The molecule has 1 aliphatic heterocycles. The van der Waals surface area contributed by atoms with Gasteiger partial charge in [0.05, 0.1) is 5.56 Å². The summed E-state index contributed by atoms with van der Waals surface area (Å²) in [5.74, 6) is 0. The van der Waals surface area contributed by atoms with Gasteiger partial charge in [0, 0.05) is 36.3 Å². The van der Waals surface area contributed by atoms with Crippen LogP contribution in [-0.4, -0.2) is 13.1 Å². The quantitative estimate of drug-likeness (QED) is 0.357. The van der Waals surface area contributed by atoms with E-state index in [2.05, 4.69) is 47.6 Å². The normalized spacial score (nSPS) is 12.5. The van der Waals surface area contributed by atoms with E-state index in [1.54, 1.807) is 11.3 Å². The van der Waals surface area contributed by atoms with Crippen LogP contribution in [0.15, 0.2) is 51.7 Å². The lowest BCUT2D eigenvalue weighted by atomic mass is 10.1. The summed E-state index contributed by atoms with van der Waals surface area (Å²) in [5, 5.41) is 2.04. The van der Waals surface area contributed by atoms with Crippen LogP contribution in [0.1, 0.15) is 19.4 Å². The Bertz CT molecular complexity index is 1220. The van der Waals surface area contributed by atoms with E-state index >= 15 is 0 Å². The maximum Gasteiger partial charge on any atom is 0.351 e. The summed E-state index contributed by atoms with van der Waals surface area (Å²) in [4.78, 5) is 15.1. The summed E-state index contributed by atoms with van der Waals surface area (Å²) in [6.45, 7) is 6.84. The lowest BCUT2D eigenvalue weighted by Gasteiger charge is -2.21. The lowest BCUT2D eigenvalue weighted by Crippen LogP contribution is -2.30. The predicted molar refractivity (Wildman–Crippen MR) is 106 cm³/mol. The third-order valence-corrected chi connectivity index (χ3v) is 6.45. The van der Waals surface area contributed by atoms with Gasteiger partial charge in [0.25, 0.3) is 5.01 Å². The summed E-state index contributed by atoms with van der Waals surface area (Å²) in [6, 6.07) is 14.5. The van der Waals surface area contributed by atoms with Gasteiger partial charge in [0.2, 0.25) is 5.52 Å². The highest BCUT2D eigenvalue weighted by Crippen LogP contribution is 2.37. The second-order valence-corrected chi connectivity index (χ2v) is 7.59. The van der Waals surface area contributed by atoms with Crippen LogP contribution in [0.3, 0.4) is 0 Å². The van der Waals surface area contributed by atoms with Gasteiger partial charge in [0.1, 0.15) is 10.3 Å². The maximum absolute atomic E-state index is 12.8. The number of rotatable bonds is 3. The van der Waals surface area contributed by atoms with Gasteiger partial charge in [0.15, 0.2) is 12.1 Å². The van der Waals surface area contributed by atoms with Gasteiger partial charge in [-0.15, -0.1) is 0 Å². The highest BCUT2D eigenvalue weighted by atomic mass is 32.1. The number of thiazole rings is 1. The van der Waals surface area contributed by atoms with E-state index in [4.69, 9.17) is 4.42 Å². The van der Waals surface area contributed by atoms with Crippen molar-refractivity contribution in [1.29, 1.82) is 0 Å². The largest absolute Gasteiger partial charge is 0.422 e. The van der Waals surface area contributed by atoms with Crippen LogP contribution in [0.25, 0.3) is 31.8 Å². The molecule has 0 N–H and O–H groups in total. The van der Waals surface area contributed by atoms with Crippen molar-refractivity contribution in [2.45, 2.75) is 20.4 Å². The number of fused-ring (bicyclic) bond motifs is 7. The molecule has 0 unspecified atom stereocenters. The minimum absolute atomic E-state index is 0.234. The molecule has 0 aliphatic carbocycles. The number of hydrogen-bond donors (Lipinski definition) is 0. The zero-order chi connectivity index (χ0) is 17.8. The minimum atomic E-state index is -0.234. The number of hydrogen-bond acceptors (Lipinski definition) is 4.